The van der Waals surface area contributed by atoms with E-state index in [1.807, 2.05) is 31.2 Å². The fraction of sp³-hybridized carbons (Fsp3) is 0.316. The normalized spacial score (nSPS) is 11.0. The maximum absolute atomic E-state index is 12.0. The molecule has 0 spiro atoms. The highest BCUT2D eigenvalue weighted by atomic mass is 32.2. The summed E-state index contributed by atoms with van der Waals surface area (Å²) in [5.41, 5.74) is 0.540. The van der Waals surface area contributed by atoms with E-state index >= 15 is 0 Å². The third-order valence-electron chi connectivity index (χ3n) is 3.67. The minimum atomic E-state index is -3.48. The quantitative estimate of drug-likeness (QED) is 0.607. The van der Waals surface area contributed by atoms with Gasteiger partial charge in [0.2, 0.25) is 15.9 Å². The van der Waals surface area contributed by atoms with Crippen molar-refractivity contribution in [2.75, 3.05) is 25.6 Å². The second-order valence-corrected chi connectivity index (χ2v) is 7.50. The first-order chi connectivity index (χ1) is 13.0. The predicted octanol–water partition coefficient (Wildman–Crippen LogP) is 2.79. The molecule has 0 unspecified atom stereocenters. The molecule has 0 radical (unpaired) electrons. The number of benzene rings is 2. The van der Waals surface area contributed by atoms with E-state index in [4.69, 9.17) is 9.47 Å². The smallest absolute Gasteiger partial charge is 0.240 e. The first-order valence-electron chi connectivity index (χ1n) is 8.64. The summed E-state index contributed by atoms with van der Waals surface area (Å²) in [7, 11) is -2.14. The summed E-state index contributed by atoms with van der Waals surface area (Å²) in [5.74, 6) is 1.17. The summed E-state index contributed by atoms with van der Waals surface area (Å²) < 4.78 is 36.7. The van der Waals surface area contributed by atoms with Gasteiger partial charge in [0.15, 0.2) is 11.5 Å². The van der Waals surface area contributed by atoms with Crippen LogP contribution in [0.3, 0.4) is 0 Å². The van der Waals surface area contributed by atoms with E-state index < -0.39 is 10.0 Å². The van der Waals surface area contributed by atoms with Gasteiger partial charge in [0, 0.05) is 12.1 Å². The van der Waals surface area contributed by atoms with E-state index in [1.54, 1.807) is 12.1 Å². The van der Waals surface area contributed by atoms with Crippen molar-refractivity contribution in [3.05, 3.63) is 48.5 Å². The van der Waals surface area contributed by atoms with Gasteiger partial charge in [-0.05, 0) is 56.8 Å². The lowest BCUT2D eigenvalue weighted by Gasteiger charge is -2.11. The minimum Gasteiger partial charge on any atom is -0.490 e. The van der Waals surface area contributed by atoms with Crippen molar-refractivity contribution in [3.8, 4) is 11.5 Å². The third-order valence-corrected chi connectivity index (χ3v) is 5.10. The molecule has 0 bridgehead atoms. The molecule has 27 heavy (non-hydrogen) atoms. The number of hydrogen-bond donors (Lipinski definition) is 2. The maximum Gasteiger partial charge on any atom is 0.240 e. The van der Waals surface area contributed by atoms with Crippen molar-refractivity contribution < 1.29 is 22.7 Å². The molecule has 7 nitrogen and oxygen atoms in total. The monoisotopic (exact) mass is 392 g/mol. The molecule has 0 saturated heterocycles. The summed E-state index contributed by atoms with van der Waals surface area (Å²) >= 11 is 0. The second kappa shape index (κ2) is 9.94. The average molecular weight is 392 g/mol. The molecule has 2 aromatic rings. The van der Waals surface area contributed by atoms with Crippen LogP contribution in [-0.2, 0) is 14.8 Å². The molecular weight excluding hydrogens is 368 g/mol. The standard InChI is InChI=1S/C19H24N2O5S/c1-3-25-17-7-4-5-8-18(17)26-14-6-9-19(22)21-15-10-12-16(13-11-15)27(23,24)20-2/h4-5,7-8,10-13,20H,3,6,9,14H2,1-2H3,(H,21,22). The Bertz CT molecular complexity index is 851. The number of ether oxygens (including phenoxy) is 2. The summed E-state index contributed by atoms with van der Waals surface area (Å²) in [5, 5.41) is 2.73. The number of anilines is 1. The Kier molecular flexibility index (Phi) is 7.63. The zero-order valence-corrected chi connectivity index (χ0v) is 16.2. The molecule has 0 saturated carbocycles. The molecule has 0 heterocycles. The van der Waals surface area contributed by atoms with Gasteiger partial charge in [-0.3, -0.25) is 4.79 Å². The van der Waals surface area contributed by atoms with Gasteiger partial charge in [-0.25, -0.2) is 13.1 Å². The van der Waals surface area contributed by atoms with E-state index in [1.165, 1.54) is 19.2 Å². The summed E-state index contributed by atoms with van der Waals surface area (Å²) in [6.07, 6.45) is 0.825. The van der Waals surface area contributed by atoms with Gasteiger partial charge >= 0.3 is 0 Å². The van der Waals surface area contributed by atoms with Crippen molar-refractivity contribution >= 4 is 21.6 Å². The number of carbonyl (C=O) groups excluding carboxylic acids is 1. The van der Waals surface area contributed by atoms with Crippen molar-refractivity contribution in [1.29, 1.82) is 0 Å². The van der Waals surface area contributed by atoms with Crippen LogP contribution >= 0.6 is 0 Å². The van der Waals surface area contributed by atoms with Crippen molar-refractivity contribution in [2.24, 2.45) is 0 Å². The topological polar surface area (TPSA) is 93.7 Å². The molecular formula is C19H24N2O5S. The van der Waals surface area contributed by atoms with Gasteiger partial charge in [0.1, 0.15) is 0 Å². The van der Waals surface area contributed by atoms with Crippen LogP contribution in [0.2, 0.25) is 0 Å². The van der Waals surface area contributed by atoms with Crippen LogP contribution in [0.4, 0.5) is 5.69 Å². The van der Waals surface area contributed by atoms with Crippen LogP contribution in [0.15, 0.2) is 53.4 Å². The number of carbonyl (C=O) groups is 1. The fourth-order valence-corrected chi connectivity index (χ4v) is 3.05. The van der Waals surface area contributed by atoms with Gasteiger partial charge < -0.3 is 14.8 Å². The van der Waals surface area contributed by atoms with Gasteiger partial charge in [-0.2, -0.15) is 0 Å². The molecule has 0 aliphatic heterocycles. The first-order valence-corrected chi connectivity index (χ1v) is 10.1. The van der Waals surface area contributed by atoms with Crippen LogP contribution in [-0.4, -0.2) is 34.6 Å². The van der Waals surface area contributed by atoms with Gasteiger partial charge in [-0.15, -0.1) is 0 Å². The molecule has 2 N–H and O–H groups in total. The molecule has 0 aliphatic rings. The molecule has 1 amide bonds. The van der Waals surface area contributed by atoms with E-state index in [9.17, 15) is 13.2 Å². The van der Waals surface area contributed by atoms with Crippen molar-refractivity contribution in [3.63, 3.8) is 0 Å². The first kappa shape index (κ1) is 20.7. The van der Waals surface area contributed by atoms with E-state index in [0.29, 0.717) is 36.8 Å². The molecule has 8 heteroatoms. The highest BCUT2D eigenvalue weighted by Crippen LogP contribution is 2.26. The van der Waals surface area contributed by atoms with Crippen molar-refractivity contribution in [1.82, 2.24) is 4.72 Å². The van der Waals surface area contributed by atoms with Crippen LogP contribution in [0.25, 0.3) is 0 Å². The number of amides is 1. The van der Waals surface area contributed by atoms with Crippen LogP contribution in [0.5, 0.6) is 11.5 Å². The number of hydrogen-bond acceptors (Lipinski definition) is 5. The minimum absolute atomic E-state index is 0.143. The number of rotatable bonds is 10. The van der Waals surface area contributed by atoms with Crippen LogP contribution < -0.4 is 19.5 Å². The third kappa shape index (κ3) is 6.26. The van der Waals surface area contributed by atoms with E-state index in [0.717, 1.165) is 0 Å². The summed E-state index contributed by atoms with van der Waals surface area (Å²) in [6, 6.07) is 13.4. The maximum atomic E-state index is 12.0. The average Bonchev–Trinajstić information content (AvgIpc) is 2.67. The van der Waals surface area contributed by atoms with E-state index in [2.05, 4.69) is 10.0 Å². The summed E-state index contributed by atoms with van der Waals surface area (Å²) in [6.45, 7) is 2.84. The largest absolute Gasteiger partial charge is 0.490 e. The lowest BCUT2D eigenvalue weighted by atomic mass is 10.2. The lowest BCUT2D eigenvalue weighted by Crippen LogP contribution is -2.18. The molecule has 2 rings (SSSR count). The fourth-order valence-electron chi connectivity index (χ4n) is 2.32. The van der Waals surface area contributed by atoms with Crippen LogP contribution in [0, 0.1) is 0 Å². The van der Waals surface area contributed by atoms with Gasteiger partial charge in [0.05, 0.1) is 18.1 Å². The molecule has 0 atom stereocenters. The molecule has 0 aromatic heterocycles. The Morgan fingerprint density at radius 1 is 1.00 bits per heavy atom. The Labute approximate surface area is 159 Å². The van der Waals surface area contributed by atoms with Gasteiger partial charge in [0.25, 0.3) is 0 Å². The van der Waals surface area contributed by atoms with Gasteiger partial charge in [-0.1, -0.05) is 12.1 Å². The highest BCUT2D eigenvalue weighted by molar-refractivity contribution is 7.89. The molecule has 2 aromatic carbocycles. The lowest BCUT2D eigenvalue weighted by molar-refractivity contribution is -0.116. The molecule has 0 fully saturated rings. The van der Waals surface area contributed by atoms with E-state index in [-0.39, 0.29) is 17.2 Å². The molecule has 0 aliphatic carbocycles. The number of nitrogens with one attached hydrogen (secondary N) is 2. The Morgan fingerprint density at radius 3 is 2.22 bits per heavy atom. The zero-order valence-electron chi connectivity index (χ0n) is 15.4. The Balaban J connectivity index is 1.78. The summed E-state index contributed by atoms with van der Waals surface area (Å²) in [4.78, 5) is 12.2. The number of sulfonamides is 1. The second-order valence-electron chi connectivity index (χ2n) is 5.61. The Hall–Kier alpha value is -2.58. The zero-order chi connectivity index (χ0) is 19.7. The molecule has 146 valence electrons. The number of para-hydroxylation sites is 2. The predicted molar refractivity (Wildman–Crippen MR) is 104 cm³/mol. The van der Waals surface area contributed by atoms with Crippen molar-refractivity contribution in [2.45, 2.75) is 24.7 Å². The SMILES string of the molecule is CCOc1ccccc1OCCCC(=O)Nc1ccc(S(=O)(=O)NC)cc1. The highest BCUT2D eigenvalue weighted by Gasteiger charge is 2.11. The Morgan fingerprint density at radius 2 is 1.63 bits per heavy atom. The van der Waals surface area contributed by atoms with Crippen LogP contribution in [0.1, 0.15) is 19.8 Å².